The molecule has 1 heterocycles. The number of hydrogen-bond donors (Lipinski definition) is 2. The summed E-state index contributed by atoms with van der Waals surface area (Å²) in [5, 5.41) is 3.18. The number of nitrogens with one attached hydrogen (secondary N) is 2. The minimum Gasteiger partial charge on any atom is -0.489 e. The monoisotopic (exact) mass is 349 g/mol. The average Bonchev–Trinajstić information content (AvgIpc) is 2.50. The second-order valence-electron chi connectivity index (χ2n) is 5.64. The van der Waals surface area contributed by atoms with Gasteiger partial charge in [0, 0.05) is 0 Å². The van der Waals surface area contributed by atoms with Crippen molar-refractivity contribution in [1.29, 1.82) is 0 Å². The third-order valence-electron chi connectivity index (χ3n) is 3.02. The molecule has 0 atom stereocenters. The molecule has 0 fully saturated rings. The van der Waals surface area contributed by atoms with Gasteiger partial charge in [-0.3, -0.25) is 4.72 Å². The Morgan fingerprint density at radius 3 is 2.54 bits per heavy atom. The van der Waals surface area contributed by atoms with Crippen LogP contribution in [0.2, 0.25) is 0 Å². The molecule has 0 amide bonds. The number of hydrogen-bond acceptors (Lipinski definition) is 5. The molecule has 0 saturated carbocycles. The minimum atomic E-state index is -3.31. The first kappa shape index (κ1) is 18.1. The number of aromatic nitrogens is 1. The van der Waals surface area contributed by atoms with Crippen LogP contribution in [0.5, 0.6) is 5.75 Å². The van der Waals surface area contributed by atoms with Crippen LogP contribution in [0.1, 0.15) is 27.2 Å². The lowest BCUT2D eigenvalue weighted by atomic mass is 10.3. The van der Waals surface area contributed by atoms with Gasteiger partial charge in [-0.1, -0.05) is 19.1 Å². The predicted molar refractivity (Wildman–Crippen MR) is 97.4 cm³/mol. The maximum Gasteiger partial charge on any atom is 0.232 e. The Kier molecular flexibility index (Phi) is 6.03. The molecule has 2 aromatic rings. The molecule has 2 rings (SSSR count). The van der Waals surface area contributed by atoms with Crippen molar-refractivity contribution in [3.05, 3.63) is 42.6 Å². The number of anilines is 3. The van der Waals surface area contributed by atoms with Crippen LogP contribution in [-0.4, -0.2) is 25.3 Å². The van der Waals surface area contributed by atoms with Gasteiger partial charge in [-0.25, -0.2) is 13.4 Å². The summed E-state index contributed by atoms with van der Waals surface area (Å²) >= 11 is 0. The van der Waals surface area contributed by atoms with E-state index in [4.69, 9.17) is 4.74 Å². The van der Waals surface area contributed by atoms with Gasteiger partial charge in [0.25, 0.3) is 0 Å². The van der Waals surface area contributed by atoms with E-state index in [1.165, 1.54) is 6.20 Å². The highest BCUT2D eigenvalue weighted by Gasteiger charge is 2.09. The largest absolute Gasteiger partial charge is 0.489 e. The standard InChI is InChI=1S/C17H23N3O3S/c1-4-11-24(21,22)20-14-9-10-17(18-12-14)19-15-7-5-6-8-16(15)23-13(2)3/h5-10,12-13,20H,4,11H2,1-3H3,(H,18,19). The van der Waals surface area contributed by atoms with Crippen LogP contribution in [-0.2, 0) is 10.0 Å². The van der Waals surface area contributed by atoms with E-state index in [2.05, 4.69) is 15.0 Å². The lowest BCUT2D eigenvalue weighted by molar-refractivity contribution is 0.244. The summed E-state index contributed by atoms with van der Waals surface area (Å²) in [6.07, 6.45) is 2.12. The first-order valence-electron chi connectivity index (χ1n) is 7.89. The van der Waals surface area contributed by atoms with Crippen molar-refractivity contribution in [1.82, 2.24) is 4.98 Å². The molecule has 2 N–H and O–H groups in total. The second kappa shape index (κ2) is 8.01. The first-order valence-corrected chi connectivity index (χ1v) is 9.54. The second-order valence-corrected chi connectivity index (χ2v) is 7.48. The summed E-state index contributed by atoms with van der Waals surface area (Å²) in [4.78, 5) is 4.24. The van der Waals surface area contributed by atoms with Gasteiger partial charge in [0.05, 0.1) is 29.4 Å². The molecule has 0 aliphatic heterocycles. The van der Waals surface area contributed by atoms with Crippen LogP contribution in [0.15, 0.2) is 42.6 Å². The molecular weight excluding hydrogens is 326 g/mol. The Hall–Kier alpha value is -2.28. The van der Waals surface area contributed by atoms with Crippen molar-refractivity contribution >= 4 is 27.2 Å². The maximum atomic E-state index is 11.8. The SMILES string of the molecule is CCCS(=O)(=O)Nc1ccc(Nc2ccccc2OC(C)C)nc1. The topological polar surface area (TPSA) is 80.3 Å². The molecule has 0 bridgehead atoms. The zero-order valence-electron chi connectivity index (χ0n) is 14.1. The molecule has 0 unspecified atom stereocenters. The van der Waals surface area contributed by atoms with Crippen LogP contribution in [0.3, 0.4) is 0 Å². The third kappa shape index (κ3) is 5.42. The van der Waals surface area contributed by atoms with E-state index in [1.807, 2.05) is 45.0 Å². The predicted octanol–water partition coefficient (Wildman–Crippen LogP) is 3.76. The van der Waals surface area contributed by atoms with E-state index in [0.29, 0.717) is 17.9 Å². The summed E-state index contributed by atoms with van der Waals surface area (Å²) in [6.45, 7) is 5.75. The highest BCUT2D eigenvalue weighted by Crippen LogP contribution is 2.27. The van der Waals surface area contributed by atoms with E-state index in [1.54, 1.807) is 12.1 Å². The Morgan fingerprint density at radius 1 is 1.17 bits per heavy atom. The summed E-state index contributed by atoms with van der Waals surface area (Å²) < 4.78 is 31.8. The summed E-state index contributed by atoms with van der Waals surface area (Å²) in [5.74, 6) is 1.43. The van der Waals surface area contributed by atoms with Crippen molar-refractivity contribution in [3.8, 4) is 5.75 Å². The normalized spacial score (nSPS) is 11.3. The van der Waals surface area contributed by atoms with E-state index < -0.39 is 10.0 Å². The third-order valence-corrected chi connectivity index (χ3v) is 4.51. The van der Waals surface area contributed by atoms with Gasteiger partial charge in [0.1, 0.15) is 11.6 Å². The number of sulfonamides is 1. The number of pyridine rings is 1. The van der Waals surface area contributed by atoms with Crippen molar-refractivity contribution in [3.63, 3.8) is 0 Å². The Bertz CT molecular complexity index is 759. The van der Waals surface area contributed by atoms with E-state index in [0.717, 1.165) is 11.4 Å². The maximum absolute atomic E-state index is 11.8. The zero-order valence-corrected chi connectivity index (χ0v) is 14.9. The molecular formula is C17H23N3O3S. The lowest BCUT2D eigenvalue weighted by Crippen LogP contribution is -2.16. The smallest absolute Gasteiger partial charge is 0.232 e. The van der Waals surface area contributed by atoms with Gasteiger partial charge in [-0.05, 0) is 44.5 Å². The number of rotatable bonds is 8. The average molecular weight is 349 g/mol. The zero-order chi connectivity index (χ0) is 17.6. The summed E-state index contributed by atoms with van der Waals surface area (Å²) in [6, 6.07) is 11.0. The van der Waals surface area contributed by atoms with Crippen LogP contribution >= 0.6 is 0 Å². The van der Waals surface area contributed by atoms with Crippen LogP contribution < -0.4 is 14.8 Å². The highest BCUT2D eigenvalue weighted by atomic mass is 32.2. The number of para-hydroxylation sites is 2. The fourth-order valence-electron chi connectivity index (χ4n) is 2.09. The Labute approximate surface area is 143 Å². The van der Waals surface area contributed by atoms with Crippen LogP contribution in [0.25, 0.3) is 0 Å². The van der Waals surface area contributed by atoms with Gasteiger partial charge in [-0.15, -0.1) is 0 Å². The van der Waals surface area contributed by atoms with Crippen LogP contribution in [0, 0.1) is 0 Å². The minimum absolute atomic E-state index is 0.0660. The fourth-order valence-corrected chi connectivity index (χ4v) is 3.21. The van der Waals surface area contributed by atoms with Crippen molar-refractivity contribution < 1.29 is 13.2 Å². The van der Waals surface area contributed by atoms with Crippen molar-refractivity contribution in [2.75, 3.05) is 15.8 Å². The Morgan fingerprint density at radius 2 is 1.92 bits per heavy atom. The molecule has 0 saturated heterocycles. The van der Waals surface area contributed by atoms with E-state index in [-0.39, 0.29) is 11.9 Å². The molecule has 0 aliphatic rings. The molecule has 1 aromatic heterocycles. The van der Waals surface area contributed by atoms with Crippen LogP contribution in [0.4, 0.5) is 17.2 Å². The molecule has 0 spiro atoms. The Balaban J connectivity index is 2.10. The van der Waals surface area contributed by atoms with E-state index in [9.17, 15) is 8.42 Å². The molecule has 0 radical (unpaired) electrons. The van der Waals surface area contributed by atoms with Gasteiger partial charge in [0.15, 0.2) is 0 Å². The van der Waals surface area contributed by atoms with Gasteiger partial charge >= 0.3 is 0 Å². The first-order chi connectivity index (χ1) is 11.4. The lowest BCUT2D eigenvalue weighted by Gasteiger charge is -2.15. The molecule has 130 valence electrons. The van der Waals surface area contributed by atoms with Crippen molar-refractivity contribution in [2.45, 2.75) is 33.3 Å². The highest BCUT2D eigenvalue weighted by molar-refractivity contribution is 7.92. The number of ether oxygens (including phenoxy) is 1. The summed E-state index contributed by atoms with van der Waals surface area (Å²) in [5.41, 5.74) is 1.25. The van der Waals surface area contributed by atoms with Gasteiger partial charge < -0.3 is 10.1 Å². The van der Waals surface area contributed by atoms with Gasteiger partial charge in [-0.2, -0.15) is 0 Å². The van der Waals surface area contributed by atoms with Gasteiger partial charge in [0.2, 0.25) is 10.0 Å². The molecule has 1 aromatic carbocycles. The van der Waals surface area contributed by atoms with Crippen molar-refractivity contribution in [2.24, 2.45) is 0 Å². The molecule has 6 nitrogen and oxygen atoms in total. The molecule has 7 heteroatoms. The summed E-state index contributed by atoms with van der Waals surface area (Å²) in [7, 11) is -3.31. The van der Waals surface area contributed by atoms with E-state index >= 15 is 0 Å². The number of benzene rings is 1. The fraction of sp³-hybridized carbons (Fsp3) is 0.353. The number of nitrogens with zero attached hydrogens (tertiary/aromatic N) is 1. The quantitative estimate of drug-likeness (QED) is 0.758. The molecule has 24 heavy (non-hydrogen) atoms. The molecule has 0 aliphatic carbocycles.